The van der Waals surface area contributed by atoms with Gasteiger partial charge >= 0.3 is 0 Å². The number of benzene rings is 1. The summed E-state index contributed by atoms with van der Waals surface area (Å²) in [5.41, 5.74) is 1.09. The monoisotopic (exact) mass is 263 g/mol. The SMILES string of the molecule is CCCNCc1coc(COc2cccc(F)c2)c1. The quantitative estimate of drug-likeness (QED) is 0.776. The molecule has 2 rings (SSSR count). The van der Waals surface area contributed by atoms with E-state index in [1.54, 1.807) is 18.4 Å². The van der Waals surface area contributed by atoms with E-state index in [1.165, 1.54) is 12.1 Å². The largest absolute Gasteiger partial charge is 0.486 e. The minimum absolute atomic E-state index is 0.303. The molecule has 0 spiro atoms. The van der Waals surface area contributed by atoms with Crippen molar-refractivity contribution in [3.8, 4) is 5.75 Å². The molecule has 0 atom stereocenters. The first-order valence-electron chi connectivity index (χ1n) is 6.43. The average molecular weight is 263 g/mol. The zero-order chi connectivity index (χ0) is 13.5. The molecule has 3 nitrogen and oxygen atoms in total. The molecule has 19 heavy (non-hydrogen) atoms. The second-order valence-electron chi connectivity index (χ2n) is 4.34. The second kappa shape index (κ2) is 6.95. The minimum atomic E-state index is -0.304. The maximum atomic E-state index is 13.0. The van der Waals surface area contributed by atoms with Crippen molar-refractivity contribution in [2.45, 2.75) is 26.5 Å². The summed E-state index contributed by atoms with van der Waals surface area (Å²) in [6, 6.07) is 8.02. The van der Waals surface area contributed by atoms with Gasteiger partial charge in [0.25, 0.3) is 0 Å². The maximum Gasteiger partial charge on any atom is 0.146 e. The highest BCUT2D eigenvalue weighted by Crippen LogP contribution is 2.15. The van der Waals surface area contributed by atoms with Gasteiger partial charge < -0.3 is 14.5 Å². The molecule has 4 heteroatoms. The maximum absolute atomic E-state index is 13.0. The van der Waals surface area contributed by atoms with E-state index < -0.39 is 0 Å². The molecule has 2 aromatic rings. The summed E-state index contributed by atoms with van der Waals surface area (Å²) in [7, 11) is 0. The van der Waals surface area contributed by atoms with Gasteiger partial charge in [-0.05, 0) is 31.2 Å². The van der Waals surface area contributed by atoms with Crippen molar-refractivity contribution in [3.05, 3.63) is 53.7 Å². The lowest BCUT2D eigenvalue weighted by atomic mass is 10.3. The first-order chi connectivity index (χ1) is 9.28. The molecule has 0 bridgehead atoms. The Kier molecular flexibility index (Phi) is 4.98. The van der Waals surface area contributed by atoms with Crippen molar-refractivity contribution in [1.82, 2.24) is 5.32 Å². The lowest BCUT2D eigenvalue weighted by Crippen LogP contribution is -2.13. The van der Waals surface area contributed by atoms with Crippen LogP contribution in [0.3, 0.4) is 0 Å². The summed E-state index contributed by atoms with van der Waals surface area (Å²) in [4.78, 5) is 0. The molecule has 0 saturated heterocycles. The highest BCUT2D eigenvalue weighted by Gasteiger charge is 2.03. The fraction of sp³-hybridized carbons (Fsp3) is 0.333. The molecule has 0 unspecified atom stereocenters. The third-order valence-corrected chi connectivity index (χ3v) is 2.64. The van der Waals surface area contributed by atoms with Crippen LogP contribution >= 0.6 is 0 Å². The van der Waals surface area contributed by atoms with Crippen molar-refractivity contribution in [3.63, 3.8) is 0 Å². The number of furan rings is 1. The van der Waals surface area contributed by atoms with Crippen LogP contribution in [-0.2, 0) is 13.2 Å². The van der Waals surface area contributed by atoms with Gasteiger partial charge in [0.2, 0.25) is 0 Å². The zero-order valence-electron chi connectivity index (χ0n) is 11.0. The van der Waals surface area contributed by atoms with Crippen molar-refractivity contribution in [1.29, 1.82) is 0 Å². The number of rotatable bonds is 7. The summed E-state index contributed by atoms with van der Waals surface area (Å²) in [5.74, 6) is 0.931. The van der Waals surface area contributed by atoms with Gasteiger partial charge in [0, 0.05) is 18.2 Å². The lowest BCUT2D eigenvalue weighted by Gasteiger charge is -2.03. The first-order valence-corrected chi connectivity index (χ1v) is 6.43. The summed E-state index contributed by atoms with van der Waals surface area (Å²) in [6.45, 7) is 4.20. The number of ether oxygens (including phenoxy) is 1. The van der Waals surface area contributed by atoms with Crippen LogP contribution in [0, 0.1) is 5.82 Å². The van der Waals surface area contributed by atoms with Crippen molar-refractivity contribution < 1.29 is 13.5 Å². The van der Waals surface area contributed by atoms with Crippen LogP contribution in [0.2, 0.25) is 0 Å². The molecular weight excluding hydrogens is 245 g/mol. The summed E-state index contributed by atoms with van der Waals surface area (Å²) in [6.07, 6.45) is 2.82. The summed E-state index contributed by atoms with van der Waals surface area (Å²) >= 11 is 0. The van der Waals surface area contributed by atoms with Gasteiger partial charge in [-0.1, -0.05) is 13.0 Å². The number of hydrogen-bond donors (Lipinski definition) is 1. The topological polar surface area (TPSA) is 34.4 Å². The Balaban J connectivity index is 1.83. The van der Waals surface area contributed by atoms with E-state index in [2.05, 4.69) is 12.2 Å². The predicted octanol–water partition coefficient (Wildman–Crippen LogP) is 3.50. The van der Waals surface area contributed by atoms with E-state index >= 15 is 0 Å². The van der Waals surface area contributed by atoms with E-state index in [4.69, 9.17) is 9.15 Å². The van der Waals surface area contributed by atoms with Crippen LogP contribution in [-0.4, -0.2) is 6.54 Å². The van der Waals surface area contributed by atoms with Gasteiger partial charge in [-0.25, -0.2) is 4.39 Å². The summed E-state index contributed by atoms with van der Waals surface area (Å²) in [5, 5.41) is 3.30. The predicted molar refractivity (Wildman–Crippen MR) is 71.4 cm³/mol. The van der Waals surface area contributed by atoms with Gasteiger partial charge in [-0.2, -0.15) is 0 Å². The van der Waals surface area contributed by atoms with Crippen molar-refractivity contribution in [2.24, 2.45) is 0 Å². The molecule has 0 aliphatic heterocycles. The van der Waals surface area contributed by atoms with Gasteiger partial charge in [0.05, 0.1) is 6.26 Å². The lowest BCUT2D eigenvalue weighted by molar-refractivity contribution is 0.269. The van der Waals surface area contributed by atoms with E-state index in [-0.39, 0.29) is 5.82 Å². The first kappa shape index (κ1) is 13.6. The standard InChI is InChI=1S/C15H18FNO2/c1-2-6-17-9-12-7-15(18-10-12)11-19-14-5-3-4-13(16)8-14/h3-5,7-8,10,17H,2,6,9,11H2,1H3. The Morgan fingerprint density at radius 1 is 1.32 bits per heavy atom. The average Bonchev–Trinajstić information content (AvgIpc) is 2.85. The van der Waals surface area contributed by atoms with Crippen LogP contribution in [0.15, 0.2) is 41.0 Å². The van der Waals surface area contributed by atoms with Gasteiger partial charge in [0.15, 0.2) is 0 Å². The van der Waals surface area contributed by atoms with Crippen LogP contribution < -0.4 is 10.1 Å². The minimum Gasteiger partial charge on any atom is -0.486 e. The molecule has 1 aromatic carbocycles. The smallest absolute Gasteiger partial charge is 0.146 e. The summed E-state index contributed by atoms with van der Waals surface area (Å²) < 4.78 is 23.8. The molecule has 0 amide bonds. The molecule has 0 radical (unpaired) electrons. The molecule has 1 N–H and O–H groups in total. The second-order valence-corrected chi connectivity index (χ2v) is 4.34. The fourth-order valence-electron chi connectivity index (χ4n) is 1.72. The number of halogens is 1. The van der Waals surface area contributed by atoms with Crippen LogP contribution in [0.1, 0.15) is 24.7 Å². The van der Waals surface area contributed by atoms with Crippen LogP contribution in [0.4, 0.5) is 4.39 Å². The zero-order valence-corrected chi connectivity index (χ0v) is 11.0. The van der Waals surface area contributed by atoms with Gasteiger partial charge in [-0.15, -0.1) is 0 Å². The number of nitrogens with one attached hydrogen (secondary N) is 1. The molecule has 102 valence electrons. The molecule has 0 saturated carbocycles. The molecule has 0 aliphatic rings. The van der Waals surface area contributed by atoms with Crippen molar-refractivity contribution in [2.75, 3.05) is 6.54 Å². The third kappa shape index (κ3) is 4.41. The Hall–Kier alpha value is -1.81. The Morgan fingerprint density at radius 2 is 2.21 bits per heavy atom. The van der Waals surface area contributed by atoms with Crippen molar-refractivity contribution >= 4 is 0 Å². The Labute approximate surface area is 112 Å². The van der Waals surface area contributed by atoms with Gasteiger partial charge in [0.1, 0.15) is 23.9 Å². The van der Waals surface area contributed by atoms with E-state index in [0.29, 0.717) is 12.4 Å². The van der Waals surface area contributed by atoms with Gasteiger partial charge in [-0.3, -0.25) is 0 Å². The van der Waals surface area contributed by atoms with E-state index in [9.17, 15) is 4.39 Å². The van der Waals surface area contributed by atoms with E-state index in [1.807, 2.05) is 6.07 Å². The fourth-order valence-corrected chi connectivity index (χ4v) is 1.72. The molecule has 0 fully saturated rings. The molecule has 1 aromatic heterocycles. The van der Waals surface area contributed by atoms with Crippen LogP contribution in [0.25, 0.3) is 0 Å². The third-order valence-electron chi connectivity index (χ3n) is 2.64. The normalized spacial score (nSPS) is 10.6. The Bertz CT molecular complexity index is 510. The molecular formula is C15H18FNO2. The molecule has 1 heterocycles. The molecule has 0 aliphatic carbocycles. The van der Waals surface area contributed by atoms with E-state index in [0.717, 1.165) is 30.8 Å². The Morgan fingerprint density at radius 3 is 3.00 bits per heavy atom. The highest BCUT2D eigenvalue weighted by atomic mass is 19.1. The van der Waals surface area contributed by atoms with Crippen LogP contribution in [0.5, 0.6) is 5.75 Å². The number of hydrogen-bond acceptors (Lipinski definition) is 3. The highest BCUT2D eigenvalue weighted by molar-refractivity contribution is 5.22.